The van der Waals surface area contributed by atoms with Crippen molar-refractivity contribution in [3.63, 3.8) is 0 Å². The van der Waals surface area contributed by atoms with Gasteiger partial charge in [0, 0.05) is 19.2 Å². The van der Waals surface area contributed by atoms with Crippen molar-refractivity contribution in [2.45, 2.75) is 13.2 Å². The molecule has 0 fully saturated rings. The third-order valence-corrected chi connectivity index (χ3v) is 2.68. The van der Waals surface area contributed by atoms with Crippen molar-refractivity contribution in [2.24, 2.45) is 5.73 Å². The average Bonchev–Trinajstić information content (AvgIpc) is 2.41. The molecule has 2 rings (SSSR count). The lowest BCUT2D eigenvalue weighted by Gasteiger charge is -2.11. The van der Waals surface area contributed by atoms with Crippen LogP contribution >= 0.6 is 0 Å². The maximum Gasteiger partial charge on any atom is 0.132 e. The molecule has 0 saturated heterocycles. The van der Waals surface area contributed by atoms with Crippen LogP contribution in [0.4, 0.5) is 4.39 Å². The summed E-state index contributed by atoms with van der Waals surface area (Å²) in [6, 6.07) is 11.9. The van der Waals surface area contributed by atoms with Gasteiger partial charge >= 0.3 is 0 Å². The van der Waals surface area contributed by atoms with Crippen LogP contribution in [0, 0.1) is 5.82 Å². The molecule has 19 heavy (non-hydrogen) atoms. The fraction of sp³-hybridized carbons (Fsp3) is 0.200. The molecule has 2 aromatic rings. The van der Waals surface area contributed by atoms with Gasteiger partial charge in [0.05, 0.1) is 6.61 Å². The third kappa shape index (κ3) is 3.53. The number of ether oxygens (including phenoxy) is 2. The molecule has 0 aliphatic rings. The highest BCUT2D eigenvalue weighted by Crippen LogP contribution is 2.26. The van der Waals surface area contributed by atoms with Crippen LogP contribution < -0.4 is 10.5 Å². The zero-order chi connectivity index (χ0) is 13.7. The Labute approximate surface area is 111 Å². The van der Waals surface area contributed by atoms with E-state index in [-0.39, 0.29) is 12.4 Å². The van der Waals surface area contributed by atoms with Crippen LogP contribution in [0.25, 0.3) is 0 Å². The SMILES string of the molecule is COCc1cccc(Oc2ccc(F)cc2CN)c1. The second-order valence-corrected chi connectivity index (χ2v) is 4.14. The van der Waals surface area contributed by atoms with Crippen LogP contribution in [-0.4, -0.2) is 7.11 Å². The summed E-state index contributed by atoms with van der Waals surface area (Å²) < 4.78 is 23.9. The van der Waals surface area contributed by atoms with Crippen LogP contribution in [0.3, 0.4) is 0 Å². The Morgan fingerprint density at radius 3 is 2.74 bits per heavy atom. The number of hydrogen-bond acceptors (Lipinski definition) is 3. The lowest BCUT2D eigenvalue weighted by atomic mass is 10.2. The summed E-state index contributed by atoms with van der Waals surface area (Å²) in [6.07, 6.45) is 0. The Hall–Kier alpha value is -1.91. The number of rotatable bonds is 5. The quantitative estimate of drug-likeness (QED) is 0.898. The maximum atomic E-state index is 13.1. The summed E-state index contributed by atoms with van der Waals surface area (Å²) in [4.78, 5) is 0. The molecule has 2 N–H and O–H groups in total. The number of hydrogen-bond donors (Lipinski definition) is 1. The van der Waals surface area contributed by atoms with E-state index in [0.29, 0.717) is 23.7 Å². The topological polar surface area (TPSA) is 44.5 Å². The lowest BCUT2D eigenvalue weighted by molar-refractivity contribution is 0.184. The zero-order valence-electron chi connectivity index (χ0n) is 10.7. The minimum absolute atomic E-state index is 0.227. The van der Waals surface area contributed by atoms with Gasteiger partial charge in [0.1, 0.15) is 17.3 Å². The van der Waals surface area contributed by atoms with Gasteiger partial charge in [0.25, 0.3) is 0 Å². The van der Waals surface area contributed by atoms with E-state index in [1.54, 1.807) is 13.2 Å². The first-order chi connectivity index (χ1) is 9.22. The van der Waals surface area contributed by atoms with Gasteiger partial charge in [-0.05, 0) is 35.9 Å². The molecule has 4 heteroatoms. The number of benzene rings is 2. The van der Waals surface area contributed by atoms with Gasteiger partial charge in [-0.15, -0.1) is 0 Å². The molecule has 0 spiro atoms. The molecule has 0 saturated carbocycles. The monoisotopic (exact) mass is 261 g/mol. The predicted molar refractivity (Wildman–Crippen MR) is 71.5 cm³/mol. The molecule has 0 amide bonds. The molecule has 100 valence electrons. The second kappa shape index (κ2) is 6.31. The Morgan fingerprint density at radius 1 is 1.16 bits per heavy atom. The second-order valence-electron chi connectivity index (χ2n) is 4.14. The normalized spacial score (nSPS) is 10.5. The van der Waals surface area contributed by atoms with Gasteiger partial charge in [-0.2, -0.15) is 0 Å². The van der Waals surface area contributed by atoms with E-state index in [9.17, 15) is 4.39 Å². The summed E-state index contributed by atoms with van der Waals surface area (Å²) >= 11 is 0. The zero-order valence-corrected chi connectivity index (χ0v) is 10.7. The summed E-state index contributed by atoms with van der Waals surface area (Å²) in [7, 11) is 1.64. The van der Waals surface area contributed by atoms with Crippen molar-refractivity contribution in [1.29, 1.82) is 0 Å². The average molecular weight is 261 g/mol. The van der Waals surface area contributed by atoms with Gasteiger partial charge in [0.2, 0.25) is 0 Å². The van der Waals surface area contributed by atoms with Gasteiger partial charge in [-0.25, -0.2) is 4.39 Å². The van der Waals surface area contributed by atoms with E-state index in [2.05, 4.69) is 0 Å². The molecule has 0 atom stereocenters. The summed E-state index contributed by atoms with van der Waals surface area (Å²) in [5.74, 6) is 0.926. The molecule has 2 aromatic carbocycles. The predicted octanol–water partition coefficient (Wildman–Crippen LogP) is 3.22. The third-order valence-electron chi connectivity index (χ3n) is 2.68. The number of nitrogens with two attached hydrogens (primary N) is 1. The van der Waals surface area contributed by atoms with Crippen molar-refractivity contribution in [2.75, 3.05) is 7.11 Å². The van der Waals surface area contributed by atoms with Gasteiger partial charge < -0.3 is 15.2 Å². The lowest BCUT2D eigenvalue weighted by Crippen LogP contribution is -2.00. The van der Waals surface area contributed by atoms with E-state index in [0.717, 1.165) is 5.56 Å². The molecule has 0 unspecified atom stereocenters. The molecule has 0 aliphatic heterocycles. The van der Waals surface area contributed by atoms with E-state index in [1.165, 1.54) is 12.1 Å². The Kier molecular flexibility index (Phi) is 4.49. The van der Waals surface area contributed by atoms with Crippen LogP contribution in [0.2, 0.25) is 0 Å². The Balaban J connectivity index is 2.23. The largest absolute Gasteiger partial charge is 0.457 e. The molecular weight excluding hydrogens is 245 g/mol. The maximum absolute atomic E-state index is 13.1. The molecule has 0 aromatic heterocycles. The first-order valence-electron chi connectivity index (χ1n) is 5.97. The molecular formula is C15H16FNO2. The van der Waals surface area contributed by atoms with Crippen LogP contribution in [-0.2, 0) is 17.9 Å². The molecule has 0 radical (unpaired) electrons. The van der Waals surface area contributed by atoms with Crippen molar-refractivity contribution >= 4 is 0 Å². The van der Waals surface area contributed by atoms with Crippen molar-refractivity contribution in [3.05, 3.63) is 59.4 Å². The first kappa shape index (κ1) is 13.5. The Morgan fingerprint density at radius 2 is 2.00 bits per heavy atom. The van der Waals surface area contributed by atoms with E-state index in [1.807, 2.05) is 24.3 Å². The van der Waals surface area contributed by atoms with Gasteiger partial charge in [0.15, 0.2) is 0 Å². The molecule has 0 heterocycles. The summed E-state index contributed by atoms with van der Waals surface area (Å²) in [5.41, 5.74) is 7.23. The first-order valence-corrected chi connectivity index (χ1v) is 5.97. The van der Waals surface area contributed by atoms with E-state index < -0.39 is 0 Å². The van der Waals surface area contributed by atoms with Gasteiger partial charge in [-0.1, -0.05) is 12.1 Å². The highest BCUT2D eigenvalue weighted by atomic mass is 19.1. The minimum atomic E-state index is -0.319. The van der Waals surface area contributed by atoms with Crippen LogP contribution in [0.1, 0.15) is 11.1 Å². The fourth-order valence-electron chi connectivity index (χ4n) is 1.80. The van der Waals surface area contributed by atoms with Gasteiger partial charge in [-0.3, -0.25) is 0 Å². The van der Waals surface area contributed by atoms with E-state index in [4.69, 9.17) is 15.2 Å². The summed E-state index contributed by atoms with van der Waals surface area (Å²) in [6.45, 7) is 0.745. The van der Waals surface area contributed by atoms with Crippen LogP contribution in [0.5, 0.6) is 11.5 Å². The molecule has 3 nitrogen and oxygen atoms in total. The number of halogens is 1. The molecule has 0 bridgehead atoms. The smallest absolute Gasteiger partial charge is 0.132 e. The number of methoxy groups -OCH3 is 1. The highest BCUT2D eigenvalue weighted by Gasteiger charge is 2.06. The summed E-state index contributed by atoms with van der Waals surface area (Å²) in [5, 5.41) is 0. The van der Waals surface area contributed by atoms with Crippen molar-refractivity contribution in [1.82, 2.24) is 0 Å². The van der Waals surface area contributed by atoms with Crippen LogP contribution in [0.15, 0.2) is 42.5 Å². The Bertz CT molecular complexity index is 558. The minimum Gasteiger partial charge on any atom is -0.457 e. The van der Waals surface area contributed by atoms with Crippen molar-refractivity contribution in [3.8, 4) is 11.5 Å². The van der Waals surface area contributed by atoms with Crippen molar-refractivity contribution < 1.29 is 13.9 Å². The standard InChI is InChI=1S/C15H16FNO2/c1-18-10-11-3-2-4-14(7-11)19-15-6-5-13(16)8-12(15)9-17/h2-8H,9-10,17H2,1H3. The molecule has 0 aliphatic carbocycles. The highest BCUT2D eigenvalue weighted by molar-refractivity contribution is 5.39. The fourth-order valence-corrected chi connectivity index (χ4v) is 1.80. The van der Waals surface area contributed by atoms with E-state index >= 15 is 0 Å².